The minimum absolute atomic E-state index is 0.156. The van der Waals surface area contributed by atoms with Crippen molar-refractivity contribution in [2.24, 2.45) is 0 Å². The summed E-state index contributed by atoms with van der Waals surface area (Å²) in [6.07, 6.45) is 7.99. The summed E-state index contributed by atoms with van der Waals surface area (Å²) in [4.78, 5) is 2.68. The first-order valence-electron chi connectivity index (χ1n) is 10.6. The van der Waals surface area contributed by atoms with Crippen molar-refractivity contribution in [1.29, 1.82) is 0 Å². The SMILES string of the molecule is CNc1cc(F)c(C)cc1NC1CCN([C@H]2CC[C@H](OC(C)C)CC2)CC1. The van der Waals surface area contributed by atoms with Gasteiger partial charge in [-0.3, -0.25) is 0 Å². The fourth-order valence-electron chi connectivity index (χ4n) is 4.57. The zero-order valence-electron chi connectivity index (χ0n) is 17.4. The molecule has 1 aromatic carbocycles. The van der Waals surface area contributed by atoms with Crippen LogP contribution in [0.5, 0.6) is 0 Å². The van der Waals surface area contributed by atoms with Crippen LogP contribution < -0.4 is 10.6 Å². The molecule has 2 aliphatic rings. The van der Waals surface area contributed by atoms with E-state index in [0.29, 0.717) is 23.8 Å². The Hall–Kier alpha value is -1.33. The maximum atomic E-state index is 13.8. The molecule has 2 fully saturated rings. The van der Waals surface area contributed by atoms with Crippen molar-refractivity contribution in [3.8, 4) is 0 Å². The molecule has 2 N–H and O–H groups in total. The highest BCUT2D eigenvalue weighted by molar-refractivity contribution is 5.70. The molecule has 1 saturated carbocycles. The first-order chi connectivity index (χ1) is 13.0. The quantitative estimate of drug-likeness (QED) is 0.747. The van der Waals surface area contributed by atoms with Gasteiger partial charge in [-0.1, -0.05) is 0 Å². The zero-order chi connectivity index (χ0) is 19.4. The third-order valence-corrected chi connectivity index (χ3v) is 6.08. The number of anilines is 2. The number of hydrogen-bond donors (Lipinski definition) is 2. The second-order valence-corrected chi connectivity index (χ2v) is 8.47. The fraction of sp³-hybridized carbons (Fsp3) is 0.727. The van der Waals surface area contributed by atoms with Gasteiger partial charge in [-0.15, -0.1) is 0 Å². The molecule has 5 heteroatoms. The molecule has 1 aliphatic heterocycles. The molecule has 0 atom stereocenters. The molecule has 0 amide bonds. The van der Waals surface area contributed by atoms with Crippen molar-refractivity contribution >= 4 is 11.4 Å². The zero-order valence-corrected chi connectivity index (χ0v) is 17.4. The van der Waals surface area contributed by atoms with E-state index in [1.165, 1.54) is 25.7 Å². The summed E-state index contributed by atoms with van der Waals surface area (Å²) in [7, 11) is 1.84. The summed E-state index contributed by atoms with van der Waals surface area (Å²) in [6.45, 7) is 8.38. The van der Waals surface area contributed by atoms with Gasteiger partial charge in [0.25, 0.3) is 0 Å². The summed E-state index contributed by atoms with van der Waals surface area (Å²) >= 11 is 0. The molecule has 1 heterocycles. The summed E-state index contributed by atoms with van der Waals surface area (Å²) < 4.78 is 19.8. The van der Waals surface area contributed by atoms with Crippen LogP contribution in [0.25, 0.3) is 0 Å². The number of nitrogens with one attached hydrogen (secondary N) is 2. The van der Waals surface area contributed by atoms with E-state index < -0.39 is 0 Å². The van der Waals surface area contributed by atoms with Crippen LogP contribution in [0.3, 0.4) is 0 Å². The topological polar surface area (TPSA) is 36.5 Å². The van der Waals surface area contributed by atoms with Crippen LogP contribution in [0.1, 0.15) is 57.9 Å². The Morgan fingerprint density at radius 2 is 1.70 bits per heavy atom. The number of likely N-dealkylation sites (tertiary alicyclic amines) is 1. The van der Waals surface area contributed by atoms with Crippen LogP contribution in [0.15, 0.2) is 12.1 Å². The molecule has 0 unspecified atom stereocenters. The predicted molar refractivity (Wildman–Crippen MR) is 111 cm³/mol. The van der Waals surface area contributed by atoms with Crippen molar-refractivity contribution in [2.45, 2.75) is 83.6 Å². The normalized spacial score (nSPS) is 25.0. The number of aryl methyl sites for hydroxylation is 1. The lowest BCUT2D eigenvalue weighted by Gasteiger charge is -2.41. The lowest BCUT2D eigenvalue weighted by molar-refractivity contribution is -0.0280. The minimum atomic E-state index is -0.156. The Labute approximate surface area is 163 Å². The van der Waals surface area contributed by atoms with Gasteiger partial charge in [0.15, 0.2) is 0 Å². The molecule has 4 nitrogen and oxygen atoms in total. The van der Waals surface area contributed by atoms with E-state index >= 15 is 0 Å². The number of benzene rings is 1. The first kappa shape index (κ1) is 20.4. The molecule has 3 rings (SSSR count). The van der Waals surface area contributed by atoms with Crippen molar-refractivity contribution < 1.29 is 9.13 Å². The van der Waals surface area contributed by atoms with Gasteiger partial charge in [-0.25, -0.2) is 4.39 Å². The molecule has 1 aliphatic carbocycles. The Balaban J connectivity index is 1.48. The van der Waals surface area contributed by atoms with Crippen LogP contribution in [0, 0.1) is 12.7 Å². The Kier molecular flexibility index (Phi) is 6.99. The number of ether oxygens (including phenoxy) is 1. The average Bonchev–Trinajstić information content (AvgIpc) is 2.65. The van der Waals surface area contributed by atoms with Crippen LogP contribution in [0.2, 0.25) is 0 Å². The van der Waals surface area contributed by atoms with E-state index in [1.807, 2.05) is 20.0 Å². The highest BCUT2D eigenvalue weighted by atomic mass is 19.1. The number of halogens is 1. The van der Waals surface area contributed by atoms with Crippen LogP contribution in [-0.4, -0.2) is 49.3 Å². The molecule has 152 valence electrons. The summed E-state index contributed by atoms with van der Waals surface area (Å²) in [5.74, 6) is -0.156. The third-order valence-electron chi connectivity index (χ3n) is 6.08. The van der Waals surface area contributed by atoms with Gasteiger partial charge in [0.1, 0.15) is 5.82 Å². The predicted octanol–water partition coefficient (Wildman–Crippen LogP) is 4.79. The molecular weight excluding hydrogens is 341 g/mol. The Bertz CT molecular complexity index is 606. The molecule has 0 aromatic heterocycles. The lowest BCUT2D eigenvalue weighted by atomic mass is 9.90. The van der Waals surface area contributed by atoms with Crippen molar-refractivity contribution in [3.63, 3.8) is 0 Å². The van der Waals surface area contributed by atoms with Crippen molar-refractivity contribution in [2.75, 3.05) is 30.8 Å². The van der Waals surface area contributed by atoms with E-state index in [0.717, 1.165) is 43.3 Å². The Morgan fingerprint density at radius 3 is 2.30 bits per heavy atom. The maximum Gasteiger partial charge on any atom is 0.128 e. The largest absolute Gasteiger partial charge is 0.386 e. The number of piperidine rings is 1. The lowest BCUT2D eigenvalue weighted by Crippen LogP contribution is -2.46. The molecule has 1 aromatic rings. The second kappa shape index (κ2) is 9.24. The summed E-state index contributed by atoms with van der Waals surface area (Å²) in [6, 6.07) is 4.69. The number of hydrogen-bond acceptors (Lipinski definition) is 4. The number of rotatable bonds is 6. The van der Waals surface area contributed by atoms with Gasteiger partial charge < -0.3 is 20.3 Å². The first-order valence-corrected chi connectivity index (χ1v) is 10.6. The summed E-state index contributed by atoms with van der Waals surface area (Å²) in [5.41, 5.74) is 2.54. The van der Waals surface area contributed by atoms with Gasteiger partial charge in [-0.2, -0.15) is 0 Å². The highest BCUT2D eigenvalue weighted by Crippen LogP contribution is 2.30. The smallest absolute Gasteiger partial charge is 0.128 e. The van der Waals surface area contributed by atoms with Gasteiger partial charge in [-0.05, 0) is 77.0 Å². The Morgan fingerprint density at radius 1 is 1.04 bits per heavy atom. The fourth-order valence-corrected chi connectivity index (χ4v) is 4.57. The average molecular weight is 378 g/mol. The van der Waals surface area contributed by atoms with E-state index in [9.17, 15) is 4.39 Å². The van der Waals surface area contributed by atoms with Crippen molar-refractivity contribution in [1.82, 2.24) is 4.90 Å². The van der Waals surface area contributed by atoms with Gasteiger partial charge in [0.05, 0.1) is 23.6 Å². The van der Waals surface area contributed by atoms with Gasteiger partial charge >= 0.3 is 0 Å². The second-order valence-electron chi connectivity index (χ2n) is 8.47. The highest BCUT2D eigenvalue weighted by Gasteiger charge is 2.29. The molecule has 0 radical (unpaired) electrons. The maximum absolute atomic E-state index is 13.8. The minimum Gasteiger partial charge on any atom is -0.386 e. The molecule has 1 saturated heterocycles. The molecule has 0 spiro atoms. The molecular formula is C22H36FN3O. The van der Waals surface area contributed by atoms with Crippen LogP contribution >= 0.6 is 0 Å². The summed E-state index contributed by atoms with van der Waals surface area (Å²) in [5, 5.41) is 6.75. The standard InChI is InChI=1S/C22H36FN3O/c1-15(2)27-19-7-5-18(6-8-19)26-11-9-17(10-12-26)25-22-13-16(3)20(23)14-21(22)24-4/h13-15,17-19,24-25H,5-12H2,1-4H3/t18-,19-. The van der Waals surface area contributed by atoms with Crippen molar-refractivity contribution in [3.05, 3.63) is 23.5 Å². The monoisotopic (exact) mass is 377 g/mol. The van der Waals surface area contributed by atoms with Crippen LogP contribution in [0.4, 0.5) is 15.8 Å². The van der Waals surface area contributed by atoms with E-state index in [2.05, 4.69) is 29.4 Å². The van der Waals surface area contributed by atoms with E-state index in [4.69, 9.17) is 4.74 Å². The third kappa shape index (κ3) is 5.35. The van der Waals surface area contributed by atoms with Gasteiger partial charge in [0, 0.05) is 32.2 Å². The van der Waals surface area contributed by atoms with E-state index in [-0.39, 0.29) is 5.82 Å². The number of nitrogens with zero attached hydrogens (tertiary/aromatic N) is 1. The van der Waals surface area contributed by atoms with Crippen LogP contribution in [-0.2, 0) is 4.74 Å². The molecule has 0 bridgehead atoms. The van der Waals surface area contributed by atoms with Gasteiger partial charge in [0.2, 0.25) is 0 Å². The molecule has 27 heavy (non-hydrogen) atoms. The van der Waals surface area contributed by atoms with E-state index in [1.54, 1.807) is 6.07 Å².